The number of nitrogens with zero attached hydrogens (tertiary/aromatic N) is 1. The smallest absolute Gasteiger partial charge is 0.292 e. The van der Waals surface area contributed by atoms with Crippen LogP contribution < -0.4 is 5.73 Å². The van der Waals surface area contributed by atoms with Gasteiger partial charge in [-0.15, -0.1) is 11.6 Å². The second-order valence-electron chi connectivity index (χ2n) is 6.34. The zero-order chi connectivity index (χ0) is 20.4. The fraction of sp³-hybridized carbons (Fsp3) is 0.273. The minimum Gasteiger partial charge on any atom is -0.471 e. The molecule has 2 aromatic carbocycles. The second-order valence-corrected chi connectivity index (χ2v) is 6.61. The van der Waals surface area contributed by atoms with Crippen LogP contribution in [0, 0.1) is 0 Å². The number of nitrogen functional groups attached to an aromatic ring is 1. The van der Waals surface area contributed by atoms with Gasteiger partial charge < -0.3 is 15.4 Å². The third-order valence-corrected chi connectivity index (χ3v) is 4.77. The molecule has 1 unspecified atom stereocenters. The zero-order valence-electron chi connectivity index (χ0n) is 15.9. The van der Waals surface area contributed by atoms with Crippen molar-refractivity contribution in [2.24, 2.45) is 0 Å². The summed E-state index contributed by atoms with van der Waals surface area (Å²) in [5, 5.41) is 0. The monoisotopic (exact) mass is 400 g/mol. The number of halogens is 1. The lowest BCUT2D eigenvalue weighted by molar-refractivity contribution is -0.130. The number of anilines is 1. The summed E-state index contributed by atoms with van der Waals surface area (Å²) in [4.78, 5) is 23.0. The molecule has 2 N–H and O–H groups in total. The molecule has 0 fully saturated rings. The highest BCUT2D eigenvalue weighted by Crippen LogP contribution is 2.30. The first-order valence-corrected chi connectivity index (χ1v) is 9.55. The van der Waals surface area contributed by atoms with E-state index in [9.17, 15) is 4.79 Å². The number of ether oxygens (including phenoxy) is 1. The number of hydrogen-bond donors (Lipinski definition) is 1. The normalized spacial score (nSPS) is 15.7. The van der Waals surface area contributed by atoms with Crippen LogP contribution in [0.3, 0.4) is 0 Å². The molecule has 1 aliphatic rings. The topological polar surface area (TPSA) is 72.6 Å². The standard InChI is InChI=1S/C20H21ClN2O.C2H4O2/c21-14-20(24)23-11-10-16(18-8-4-5-9-19(18)22)13-17(23)12-15-6-2-1-3-7-15;1-4-2-3/h1-9,13,17H,10-12,14,22H2;2H,1H3. The van der Waals surface area contributed by atoms with Gasteiger partial charge in [-0.25, -0.2) is 0 Å². The molecule has 6 heteroatoms. The average molecular weight is 401 g/mol. The van der Waals surface area contributed by atoms with Crippen molar-refractivity contribution >= 4 is 35.2 Å². The lowest BCUT2D eigenvalue weighted by Gasteiger charge is -2.35. The Kier molecular flexibility index (Phi) is 8.56. The van der Waals surface area contributed by atoms with Crippen LogP contribution in [0.1, 0.15) is 17.5 Å². The van der Waals surface area contributed by atoms with Gasteiger partial charge in [0.25, 0.3) is 6.47 Å². The number of hydrogen-bond acceptors (Lipinski definition) is 4. The molecule has 5 nitrogen and oxygen atoms in total. The maximum absolute atomic E-state index is 12.2. The molecular formula is C22H25ClN2O3. The average Bonchev–Trinajstić information content (AvgIpc) is 2.74. The summed E-state index contributed by atoms with van der Waals surface area (Å²) in [6.45, 7) is 1.04. The van der Waals surface area contributed by atoms with E-state index in [1.165, 1.54) is 18.2 Å². The van der Waals surface area contributed by atoms with E-state index in [4.69, 9.17) is 22.1 Å². The minimum atomic E-state index is -0.0195. The third kappa shape index (κ3) is 5.86. The van der Waals surface area contributed by atoms with Crippen molar-refractivity contribution < 1.29 is 14.3 Å². The number of para-hydroxylation sites is 1. The number of carbonyl (C=O) groups is 2. The summed E-state index contributed by atoms with van der Waals surface area (Å²) in [6.07, 6.45) is 3.74. The van der Waals surface area contributed by atoms with Gasteiger partial charge in [0.2, 0.25) is 5.91 Å². The highest BCUT2D eigenvalue weighted by Gasteiger charge is 2.26. The van der Waals surface area contributed by atoms with E-state index in [2.05, 4.69) is 22.9 Å². The minimum absolute atomic E-state index is 0.00186. The van der Waals surface area contributed by atoms with Crippen molar-refractivity contribution in [3.05, 3.63) is 71.8 Å². The van der Waals surface area contributed by atoms with Crippen LogP contribution in [-0.4, -0.2) is 42.9 Å². The van der Waals surface area contributed by atoms with Gasteiger partial charge in [-0.05, 0) is 30.0 Å². The Labute approximate surface area is 170 Å². The highest BCUT2D eigenvalue weighted by atomic mass is 35.5. The van der Waals surface area contributed by atoms with E-state index >= 15 is 0 Å². The van der Waals surface area contributed by atoms with Crippen molar-refractivity contribution in [2.75, 3.05) is 25.3 Å². The number of benzene rings is 2. The molecule has 1 heterocycles. The van der Waals surface area contributed by atoms with Gasteiger partial charge in [0.1, 0.15) is 5.88 Å². The van der Waals surface area contributed by atoms with Crippen LogP contribution in [0.4, 0.5) is 5.69 Å². The number of alkyl halides is 1. The Morgan fingerprint density at radius 1 is 1.21 bits per heavy atom. The van der Waals surface area contributed by atoms with Gasteiger partial charge in [0.15, 0.2) is 0 Å². The number of amides is 1. The summed E-state index contributed by atoms with van der Waals surface area (Å²) < 4.78 is 3.86. The maximum Gasteiger partial charge on any atom is 0.292 e. The number of methoxy groups -OCH3 is 1. The predicted molar refractivity (Wildman–Crippen MR) is 113 cm³/mol. The summed E-state index contributed by atoms with van der Waals surface area (Å²) in [7, 11) is 1.31. The zero-order valence-corrected chi connectivity index (χ0v) is 16.6. The van der Waals surface area contributed by atoms with Gasteiger partial charge >= 0.3 is 0 Å². The molecule has 0 aromatic heterocycles. The van der Waals surface area contributed by atoms with Gasteiger partial charge in [0.05, 0.1) is 13.2 Å². The Bertz CT molecular complexity index is 808. The fourth-order valence-electron chi connectivity index (χ4n) is 3.24. The van der Waals surface area contributed by atoms with Crippen molar-refractivity contribution in [3.63, 3.8) is 0 Å². The van der Waals surface area contributed by atoms with Gasteiger partial charge in [-0.1, -0.05) is 54.6 Å². The Morgan fingerprint density at radius 3 is 2.46 bits per heavy atom. The van der Waals surface area contributed by atoms with Gasteiger partial charge in [-0.3, -0.25) is 9.59 Å². The molecule has 1 aliphatic heterocycles. The lowest BCUT2D eigenvalue weighted by Crippen LogP contribution is -2.44. The molecule has 0 aliphatic carbocycles. The van der Waals surface area contributed by atoms with Crippen molar-refractivity contribution in [1.82, 2.24) is 4.90 Å². The molecule has 1 amide bonds. The first-order chi connectivity index (χ1) is 13.6. The largest absolute Gasteiger partial charge is 0.471 e. The Balaban J connectivity index is 0.000000640. The molecule has 0 saturated heterocycles. The summed E-state index contributed by atoms with van der Waals surface area (Å²) in [6, 6.07) is 18.1. The molecule has 28 heavy (non-hydrogen) atoms. The summed E-state index contributed by atoms with van der Waals surface area (Å²) >= 11 is 5.80. The maximum atomic E-state index is 12.2. The third-order valence-electron chi connectivity index (χ3n) is 4.54. The van der Waals surface area contributed by atoms with Crippen LogP contribution in [-0.2, 0) is 20.7 Å². The molecule has 0 bridgehead atoms. The fourth-order valence-corrected chi connectivity index (χ4v) is 3.39. The van der Waals surface area contributed by atoms with E-state index in [0.29, 0.717) is 13.0 Å². The molecule has 0 saturated carbocycles. The molecule has 1 atom stereocenters. The molecular weight excluding hydrogens is 376 g/mol. The first-order valence-electron chi connectivity index (χ1n) is 9.02. The Morgan fingerprint density at radius 2 is 1.86 bits per heavy atom. The van der Waals surface area contributed by atoms with Gasteiger partial charge in [-0.2, -0.15) is 0 Å². The van der Waals surface area contributed by atoms with Crippen molar-refractivity contribution in [1.29, 1.82) is 0 Å². The number of carbonyl (C=O) groups excluding carboxylic acids is 2. The van der Waals surface area contributed by atoms with Crippen LogP contribution in [0.5, 0.6) is 0 Å². The van der Waals surface area contributed by atoms with Crippen molar-refractivity contribution in [2.45, 2.75) is 18.9 Å². The van der Waals surface area contributed by atoms with E-state index in [1.807, 2.05) is 47.4 Å². The van der Waals surface area contributed by atoms with E-state index in [1.54, 1.807) is 0 Å². The van der Waals surface area contributed by atoms with Crippen LogP contribution in [0.2, 0.25) is 0 Å². The quantitative estimate of drug-likeness (QED) is 0.473. The number of rotatable bonds is 5. The molecule has 2 aromatic rings. The van der Waals surface area contributed by atoms with Crippen LogP contribution in [0.25, 0.3) is 5.57 Å². The SMILES string of the molecule is COC=O.Nc1ccccc1C1=CC(Cc2ccccc2)N(C(=O)CCl)CC1. The number of nitrogens with two attached hydrogens (primary N) is 1. The Hall–Kier alpha value is -2.79. The van der Waals surface area contributed by atoms with E-state index < -0.39 is 0 Å². The molecule has 0 radical (unpaired) electrons. The van der Waals surface area contributed by atoms with Gasteiger partial charge in [0, 0.05) is 17.8 Å². The molecule has 0 spiro atoms. The summed E-state index contributed by atoms with van der Waals surface area (Å²) in [5.74, 6) is -0.00370. The van der Waals surface area contributed by atoms with Crippen LogP contribution >= 0.6 is 11.6 Å². The van der Waals surface area contributed by atoms with Crippen LogP contribution in [0.15, 0.2) is 60.7 Å². The van der Waals surface area contributed by atoms with Crippen molar-refractivity contribution in [3.8, 4) is 0 Å². The predicted octanol–water partition coefficient (Wildman–Crippen LogP) is 3.52. The first kappa shape index (κ1) is 21.5. The summed E-state index contributed by atoms with van der Waals surface area (Å²) in [5.41, 5.74) is 10.4. The highest BCUT2D eigenvalue weighted by molar-refractivity contribution is 6.27. The van der Waals surface area contributed by atoms with E-state index in [-0.39, 0.29) is 17.8 Å². The lowest BCUT2D eigenvalue weighted by atomic mass is 9.92. The second kappa shape index (κ2) is 11.1. The molecule has 148 valence electrons. The molecule has 3 rings (SSSR count). The van der Waals surface area contributed by atoms with E-state index in [0.717, 1.165) is 24.1 Å².